The van der Waals surface area contributed by atoms with E-state index in [2.05, 4.69) is 5.32 Å². The molecule has 2 heterocycles. The average molecular weight is 515 g/mol. The van der Waals surface area contributed by atoms with Crippen molar-refractivity contribution in [1.29, 1.82) is 0 Å². The molecule has 2 aliphatic heterocycles. The van der Waals surface area contributed by atoms with Gasteiger partial charge < -0.3 is 19.7 Å². The van der Waals surface area contributed by atoms with Crippen molar-refractivity contribution in [2.45, 2.75) is 30.0 Å². The van der Waals surface area contributed by atoms with Crippen LogP contribution in [0.4, 0.5) is 0 Å². The first-order valence-electron chi connectivity index (χ1n) is 12.1. The van der Waals surface area contributed by atoms with Gasteiger partial charge in [-0.2, -0.15) is 0 Å². The lowest BCUT2D eigenvalue weighted by Gasteiger charge is -2.53. The minimum Gasteiger partial charge on any atom is -0.451 e. The van der Waals surface area contributed by atoms with Crippen molar-refractivity contribution in [1.82, 2.24) is 10.2 Å². The number of carbonyl (C=O) groups excluding carboxylic acids is 4. The molecule has 3 aromatic rings. The molecule has 8 heteroatoms. The third kappa shape index (κ3) is 5.15. The number of hydrogen-bond donors (Lipinski definition) is 1. The van der Waals surface area contributed by atoms with Crippen LogP contribution in [0.3, 0.4) is 0 Å². The molecule has 3 unspecified atom stereocenters. The van der Waals surface area contributed by atoms with E-state index >= 15 is 0 Å². The third-order valence-corrected chi connectivity index (χ3v) is 8.04. The maximum Gasteiger partial charge on any atom is 0.330 e. The predicted octanol–water partition coefficient (Wildman–Crippen LogP) is 3.15. The Morgan fingerprint density at radius 3 is 2.08 bits per heavy atom. The molecule has 2 amide bonds. The van der Waals surface area contributed by atoms with E-state index in [0.717, 1.165) is 16.7 Å². The molecule has 0 saturated carbocycles. The van der Waals surface area contributed by atoms with Crippen LogP contribution in [0.15, 0.2) is 91.0 Å². The summed E-state index contributed by atoms with van der Waals surface area (Å²) in [5.41, 5.74) is 2.41. The fourth-order valence-electron chi connectivity index (χ4n) is 4.78. The smallest absolute Gasteiger partial charge is 0.330 e. The molecule has 7 nitrogen and oxygen atoms in total. The molecule has 188 valence electrons. The Kier molecular flexibility index (Phi) is 7.37. The summed E-state index contributed by atoms with van der Waals surface area (Å²) in [6.45, 7) is 0. The molecule has 1 N–H and O–H groups in total. The second-order valence-electron chi connectivity index (χ2n) is 9.06. The van der Waals surface area contributed by atoms with Crippen molar-refractivity contribution < 1.29 is 23.9 Å². The number of rotatable bonds is 8. The quantitative estimate of drug-likeness (QED) is 0.282. The summed E-state index contributed by atoms with van der Waals surface area (Å²) >= 11 is 1.39. The molecule has 3 aromatic carbocycles. The number of hydrogen-bond acceptors (Lipinski definition) is 6. The van der Waals surface area contributed by atoms with Crippen LogP contribution in [0.1, 0.15) is 22.8 Å². The number of nitrogens with zero attached hydrogens (tertiary/aromatic N) is 1. The Morgan fingerprint density at radius 2 is 1.51 bits per heavy atom. The maximum atomic E-state index is 13.6. The van der Waals surface area contributed by atoms with Gasteiger partial charge in [-0.25, -0.2) is 4.79 Å². The second-order valence-corrected chi connectivity index (χ2v) is 10.2. The molecule has 5 rings (SSSR count). The summed E-state index contributed by atoms with van der Waals surface area (Å²) in [5.74, 6) is -1.64. The molecule has 2 aliphatic rings. The summed E-state index contributed by atoms with van der Waals surface area (Å²) < 4.78 is 6.00. The number of esters is 1. The topological polar surface area (TPSA) is 92.8 Å². The molecule has 0 aliphatic carbocycles. The summed E-state index contributed by atoms with van der Waals surface area (Å²) in [6.07, 6.45) is 0.178. The van der Waals surface area contributed by atoms with Gasteiger partial charge in [0.15, 0.2) is 6.10 Å². The van der Waals surface area contributed by atoms with E-state index in [-0.39, 0.29) is 18.2 Å². The van der Waals surface area contributed by atoms with Gasteiger partial charge in [-0.1, -0.05) is 91.0 Å². The second kappa shape index (κ2) is 11.0. The van der Waals surface area contributed by atoms with Gasteiger partial charge in [0.25, 0.3) is 0 Å². The maximum absolute atomic E-state index is 13.6. The van der Waals surface area contributed by atoms with E-state index < -0.39 is 35.4 Å². The zero-order valence-electron chi connectivity index (χ0n) is 19.9. The molecular weight excluding hydrogens is 488 g/mol. The van der Waals surface area contributed by atoms with E-state index in [4.69, 9.17) is 4.74 Å². The van der Waals surface area contributed by atoms with Crippen molar-refractivity contribution >= 4 is 35.8 Å². The average Bonchev–Trinajstić information content (AvgIpc) is 2.95. The highest BCUT2D eigenvalue weighted by molar-refractivity contribution is 8.00. The highest BCUT2D eigenvalue weighted by atomic mass is 32.2. The monoisotopic (exact) mass is 514 g/mol. The van der Waals surface area contributed by atoms with Gasteiger partial charge in [0.05, 0.1) is 12.3 Å². The van der Waals surface area contributed by atoms with Crippen molar-refractivity contribution in [3.8, 4) is 0 Å². The summed E-state index contributed by atoms with van der Waals surface area (Å²) in [4.78, 5) is 52.6. The summed E-state index contributed by atoms with van der Waals surface area (Å²) in [5, 5.41) is 2.37. The molecule has 4 atom stereocenters. The van der Waals surface area contributed by atoms with Crippen molar-refractivity contribution in [3.63, 3.8) is 0 Å². The first-order chi connectivity index (χ1) is 18.1. The molecule has 2 fully saturated rings. The first kappa shape index (κ1) is 24.8. The van der Waals surface area contributed by atoms with Gasteiger partial charge in [-0.15, -0.1) is 11.8 Å². The minimum atomic E-state index is -1.05. The van der Waals surface area contributed by atoms with Crippen LogP contribution in [0.2, 0.25) is 0 Å². The standard InChI is InChI=1S/C29H26N2O5S/c32-17-22-18-37-28-24(30-23(33)16-19-10-4-1-5-11-19)27(34)31(28)25(22)29(35)36-26(20-12-6-2-7-13-20)21-14-8-3-9-15-21/h1-15,17,22,24-26,28H,16,18H2,(H,30,33)/t22?,24?,25?,28-/m0/s1. The number of β-lactam (4-membered cyclic amide) rings is 1. The van der Waals surface area contributed by atoms with Crippen LogP contribution >= 0.6 is 11.8 Å². The lowest BCUT2D eigenvalue weighted by atomic mass is 9.94. The number of carbonyl (C=O) groups is 4. The van der Waals surface area contributed by atoms with Crippen LogP contribution in [0, 0.1) is 5.92 Å². The van der Waals surface area contributed by atoms with Gasteiger partial charge >= 0.3 is 5.97 Å². The number of fused-ring (bicyclic) bond motifs is 1. The van der Waals surface area contributed by atoms with Crippen LogP contribution in [-0.2, 0) is 30.3 Å². The van der Waals surface area contributed by atoms with Gasteiger partial charge in [-0.05, 0) is 16.7 Å². The van der Waals surface area contributed by atoms with E-state index in [0.29, 0.717) is 12.0 Å². The number of aldehydes is 1. The number of nitrogens with one attached hydrogen (secondary N) is 1. The molecular formula is C29H26N2O5S. The van der Waals surface area contributed by atoms with E-state index in [9.17, 15) is 19.2 Å². The first-order valence-corrected chi connectivity index (χ1v) is 13.1. The van der Waals surface area contributed by atoms with Crippen molar-refractivity contribution in [2.75, 3.05) is 5.75 Å². The number of thioether (sulfide) groups is 1. The zero-order chi connectivity index (χ0) is 25.8. The highest BCUT2D eigenvalue weighted by Gasteiger charge is 2.58. The Hall–Kier alpha value is -3.91. The molecule has 37 heavy (non-hydrogen) atoms. The minimum absolute atomic E-state index is 0.153. The fraction of sp³-hybridized carbons (Fsp3) is 0.241. The van der Waals surface area contributed by atoms with Crippen LogP contribution in [0.5, 0.6) is 0 Å². The Morgan fingerprint density at radius 1 is 0.946 bits per heavy atom. The van der Waals surface area contributed by atoms with Crippen LogP contribution in [0.25, 0.3) is 0 Å². The Bertz CT molecular complexity index is 1230. The van der Waals surface area contributed by atoms with Crippen LogP contribution in [-0.4, -0.2) is 52.2 Å². The van der Waals surface area contributed by atoms with E-state index in [1.54, 1.807) is 0 Å². The molecule has 2 saturated heterocycles. The fourth-order valence-corrected chi connectivity index (χ4v) is 6.23. The molecule has 0 radical (unpaired) electrons. The molecule has 0 bridgehead atoms. The van der Waals surface area contributed by atoms with E-state index in [1.807, 2.05) is 91.0 Å². The highest BCUT2D eigenvalue weighted by Crippen LogP contribution is 2.41. The zero-order valence-corrected chi connectivity index (χ0v) is 20.8. The molecule has 0 spiro atoms. The predicted molar refractivity (Wildman–Crippen MR) is 139 cm³/mol. The largest absolute Gasteiger partial charge is 0.451 e. The lowest BCUT2D eigenvalue weighted by molar-refractivity contribution is -0.171. The summed E-state index contributed by atoms with van der Waals surface area (Å²) in [6, 6.07) is 26.2. The van der Waals surface area contributed by atoms with Crippen molar-refractivity contribution in [3.05, 3.63) is 108 Å². The van der Waals surface area contributed by atoms with Gasteiger partial charge in [0.2, 0.25) is 11.8 Å². The Labute approximate surface area is 219 Å². The normalized spacial score (nSPS) is 22.5. The number of amides is 2. The Balaban J connectivity index is 1.33. The number of benzene rings is 3. The van der Waals surface area contributed by atoms with Crippen molar-refractivity contribution in [2.24, 2.45) is 5.92 Å². The third-order valence-electron chi connectivity index (χ3n) is 6.62. The van der Waals surface area contributed by atoms with Gasteiger partial charge in [-0.3, -0.25) is 9.59 Å². The summed E-state index contributed by atoms with van der Waals surface area (Å²) in [7, 11) is 0. The van der Waals surface area contributed by atoms with Crippen LogP contribution < -0.4 is 5.32 Å². The molecule has 0 aromatic heterocycles. The number of ether oxygens (including phenoxy) is 1. The van der Waals surface area contributed by atoms with E-state index in [1.165, 1.54) is 16.7 Å². The van der Waals surface area contributed by atoms with Gasteiger partial charge in [0, 0.05) is 5.75 Å². The van der Waals surface area contributed by atoms with Gasteiger partial charge in [0.1, 0.15) is 23.7 Å². The SMILES string of the molecule is O=CC1CS[C@H]2C(NC(=O)Cc3ccccc3)C(=O)N2C1C(=O)OC(c1ccccc1)c1ccccc1. The lowest BCUT2D eigenvalue weighted by Crippen LogP contribution is -2.76.